The van der Waals surface area contributed by atoms with Gasteiger partial charge in [-0.05, 0) is 50.3 Å². The molecule has 23 heavy (non-hydrogen) atoms. The third-order valence-electron chi connectivity index (χ3n) is 4.76. The fourth-order valence-corrected chi connectivity index (χ4v) is 3.29. The molecule has 1 N–H and O–H groups in total. The Balaban J connectivity index is 1.95. The zero-order valence-electron chi connectivity index (χ0n) is 15.4. The molecule has 1 aromatic rings. The number of aryl methyl sites for hydroxylation is 1. The van der Waals surface area contributed by atoms with E-state index in [1.807, 2.05) is 6.07 Å². The van der Waals surface area contributed by atoms with Gasteiger partial charge in [0.1, 0.15) is 18.5 Å². The maximum atomic E-state index is 10.4. The number of hydrogen-bond acceptors (Lipinski definition) is 3. The first-order valence-corrected chi connectivity index (χ1v) is 8.93. The third-order valence-corrected chi connectivity index (χ3v) is 4.76. The Morgan fingerprint density at radius 3 is 2.70 bits per heavy atom. The largest absolute Gasteiger partial charge is 0.491 e. The van der Waals surface area contributed by atoms with Crippen LogP contribution in [0.25, 0.3) is 0 Å². The van der Waals surface area contributed by atoms with Gasteiger partial charge in [0.25, 0.3) is 0 Å². The highest BCUT2D eigenvalue weighted by Crippen LogP contribution is 2.32. The molecule has 0 unspecified atom stereocenters. The van der Waals surface area contributed by atoms with Crippen LogP contribution < -0.4 is 4.74 Å². The Hall–Kier alpha value is -1.06. The summed E-state index contributed by atoms with van der Waals surface area (Å²) in [4.78, 5) is 2.39. The van der Waals surface area contributed by atoms with Crippen molar-refractivity contribution in [3.63, 3.8) is 0 Å². The summed E-state index contributed by atoms with van der Waals surface area (Å²) in [5.74, 6) is 0.897. The minimum atomic E-state index is -0.440. The Morgan fingerprint density at radius 1 is 1.30 bits per heavy atom. The van der Waals surface area contributed by atoms with Crippen molar-refractivity contribution >= 4 is 0 Å². The lowest BCUT2D eigenvalue weighted by atomic mass is 9.85. The van der Waals surface area contributed by atoms with E-state index in [2.05, 4.69) is 51.7 Å². The molecular weight excluding hydrogens is 286 g/mol. The SMILES string of the molecule is Cc1ccc(OC[C@H](O)CN2CCCC[C@H]2C)c(C(C)(C)C)c1. The molecule has 1 aromatic carbocycles. The van der Waals surface area contributed by atoms with Crippen molar-refractivity contribution in [3.05, 3.63) is 29.3 Å². The zero-order chi connectivity index (χ0) is 17.0. The molecule has 0 saturated carbocycles. The second kappa shape index (κ2) is 7.67. The van der Waals surface area contributed by atoms with Gasteiger partial charge in [0.05, 0.1) is 0 Å². The molecule has 1 aliphatic rings. The molecular formula is C20H33NO2. The molecule has 1 heterocycles. The molecule has 3 nitrogen and oxygen atoms in total. The van der Waals surface area contributed by atoms with E-state index in [1.54, 1.807) is 0 Å². The fraction of sp³-hybridized carbons (Fsp3) is 0.700. The molecule has 1 saturated heterocycles. The van der Waals surface area contributed by atoms with Crippen molar-refractivity contribution in [2.45, 2.75) is 71.4 Å². The molecule has 0 amide bonds. The number of piperidine rings is 1. The number of rotatable bonds is 5. The van der Waals surface area contributed by atoms with Crippen molar-refractivity contribution in [1.82, 2.24) is 4.90 Å². The average Bonchev–Trinajstić information content (AvgIpc) is 2.47. The van der Waals surface area contributed by atoms with Gasteiger partial charge in [0.15, 0.2) is 0 Å². The fourth-order valence-electron chi connectivity index (χ4n) is 3.29. The van der Waals surface area contributed by atoms with Gasteiger partial charge in [-0.2, -0.15) is 0 Å². The van der Waals surface area contributed by atoms with Gasteiger partial charge in [0.2, 0.25) is 0 Å². The van der Waals surface area contributed by atoms with E-state index >= 15 is 0 Å². The van der Waals surface area contributed by atoms with E-state index in [0.29, 0.717) is 19.2 Å². The van der Waals surface area contributed by atoms with Crippen LogP contribution in [0, 0.1) is 6.92 Å². The first kappa shape index (κ1) is 18.3. The summed E-state index contributed by atoms with van der Waals surface area (Å²) in [6, 6.07) is 6.87. The second-order valence-electron chi connectivity index (χ2n) is 8.05. The van der Waals surface area contributed by atoms with Gasteiger partial charge in [-0.3, -0.25) is 4.90 Å². The Labute approximate surface area is 141 Å². The lowest BCUT2D eigenvalue weighted by molar-refractivity contribution is 0.0433. The van der Waals surface area contributed by atoms with Crippen LogP contribution >= 0.6 is 0 Å². The van der Waals surface area contributed by atoms with E-state index in [9.17, 15) is 5.11 Å². The van der Waals surface area contributed by atoms with Crippen LogP contribution in [0.15, 0.2) is 18.2 Å². The predicted octanol–water partition coefficient (Wildman–Crippen LogP) is 3.91. The predicted molar refractivity (Wildman–Crippen MR) is 96.3 cm³/mol. The van der Waals surface area contributed by atoms with Crippen LogP contribution in [0.2, 0.25) is 0 Å². The number of nitrogens with zero attached hydrogens (tertiary/aromatic N) is 1. The average molecular weight is 319 g/mol. The Kier molecular flexibility index (Phi) is 6.10. The number of hydrogen-bond donors (Lipinski definition) is 1. The van der Waals surface area contributed by atoms with Crippen LogP contribution in [-0.2, 0) is 5.41 Å². The van der Waals surface area contributed by atoms with Gasteiger partial charge in [-0.25, -0.2) is 0 Å². The first-order chi connectivity index (χ1) is 10.8. The van der Waals surface area contributed by atoms with E-state index in [-0.39, 0.29) is 5.41 Å². The highest BCUT2D eigenvalue weighted by Gasteiger charge is 2.22. The maximum Gasteiger partial charge on any atom is 0.123 e. The number of aliphatic hydroxyl groups is 1. The third kappa shape index (κ3) is 5.22. The van der Waals surface area contributed by atoms with Crippen molar-refractivity contribution in [1.29, 1.82) is 0 Å². The second-order valence-corrected chi connectivity index (χ2v) is 8.05. The molecule has 2 rings (SSSR count). The topological polar surface area (TPSA) is 32.7 Å². The molecule has 2 atom stereocenters. The minimum absolute atomic E-state index is 0.0354. The van der Waals surface area contributed by atoms with Crippen molar-refractivity contribution in [2.24, 2.45) is 0 Å². The van der Waals surface area contributed by atoms with E-state index in [4.69, 9.17) is 4.74 Å². The number of ether oxygens (including phenoxy) is 1. The quantitative estimate of drug-likeness (QED) is 0.893. The number of benzene rings is 1. The lowest BCUT2D eigenvalue weighted by Crippen LogP contribution is -2.43. The molecule has 0 aromatic heterocycles. The smallest absolute Gasteiger partial charge is 0.123 e. The summed E-state index contributed by atoms with van der Waals surface area (Å²) in [5.41, 5.74) is 2.48. The van der Waals surface area contributed by atoms with Crippen LogP contribution in [0.3, 0.4) is 0 Å². The Morgan fingerprint density at radius 2 is 2.04 bits per heavy atom. The van der Waals surface area contributed by atoms with E-state index in [1.165, 1.54) is 30.4 Å². The summed E-state index contributed by atoms with van der Waals surface area (Å²) in [6.45, 7) is 13.1. The van der Waals surface area contributed by atoms with Gasteiger partial charge in [-0.1, -0.05) is 44.9 Å². The molecule has 0 spiro atoms. The van der Waals surface area contributed by atoms with Gasteiger partial charge in [-0.15, -0.1) is 0 Å². The molecule has 130 valence electrons. The summed E-state index contributed by atoms with van der Waals surface area (Å²) in [7, 11) is 0. The Bertz CT molecular complexity index is 507. The maximum absolute atomic E-state index is 10.4. The van der Waals surface area contributed by atoms with E-state index in [0.717, 1.165) is 12.3 Å². The number of β-amino-alcohol motifs (C(OH)–C–C–N with tert-alkyl or cyclic N) is 1. The highest BCUT2D eigenvalue weighted by atomic mass is 16.5. The molecule has 3 heteroatoms. The van der Waals surface area contributed by atoms with Crippen molar-refractivity contribution in [2.75, 3.05) is 19.7 Å². The summed E-state index contributed by atoms with van der Waals surface area (Å²) < 4.78 is 5.98. The zero-order valence-corrected chi connectivity index (χ0v) is 15.4. The van der Waals surface area contributed by atoms with Gasteiger partial charge in [0, 0.05) is 12.6 Å². The van der Waals surface area contributed by atoms with Crippen LogP contribution in [0.1, 0.15) is 58.1 Å². The van der Waals surface area contributed by atoms with Crippen molar-refractivity contribution < 1.29 is 9.84 Å². The van der Waals surface area contributed by atoms with Crippen LogP contribution in [0.5, 0.6) is 5.75 Å². The van der Waals surface area contributed by atoms with E-state index < -0.39 is 6.10 Å². The van der Waals surface area contributed by atoms with Crippen LogP contribution in [-0.4, -0.2) is 41.8 Å². The molecule has 1 fully saturated rings. The van der Waals surface area contributed by atoms with Crippen molar-refractivity contribution in [3.8, 4) is 5.75 Å². The summed E-state index contributed by atoms with van der Waals surface area (Å²) in [6.07, 6.45) is 3.34. The molecule has 0 radical (unpaired) electrons. The number of aliphatic hydroxyl groups excluding tert-OH is 1. The normalized spacial score (nSPS) is 21.2. The number of likely N-dealkylation sites (tertiary alicyclic amines) is 1. The monoisotopic (exact) mass is 319 g/mol. The standard InChI is InChI=1S/C20H33NO2/c1-15-9-10-19(18(12-15)20(3,4)5)23-14-17(22)13-21-11-7-6-8-16(21)2/h9-10,12,16-17,22H,6-8,11,13-14H2,1-5H3/t16-,17-/m1/s1. The molecule has 0 bridgehead atoms. The van der Waals surface area contributed by atoms with Crippen LogP contribution in [0.4, 0.5) is 0 Å². The molecule has 0 aliphatic carbocycles. The summed E-state index contributed by atoms with van der Waals surface area (Å²) in [5, 5.41) is 10.4. The highest BCUT2D eigenvalue weighted by molar-refractivity contribution is 5.41. The van der Waals surface area contributed by atoms with Gasteiger partial charge < -0.3 is 9.84 Å². The van der Waals surface area contributed by atoms with Gasteiger partial charge >= 0.3 is 0 Å². The lowest BCUT2D eigenvalue weighted by Gasteiger charge is -2.34. The molecule has 1 aliphatic heterocycles. The minimum Gasteiger partial charge on any atom is -0.491 e. The summed E-state index contributed by atoms with van der Waals surface area (Å²) >= 11 is 0. The first-order valence-electron chi connectivity index (χ1n) is 8.93.